The Kier molecular flexibility index (Phi) is 2.66. The van der Waals surface area contributed by atoms with Crippen molar-refractivity contribution in [2.45, 2.75) is 19.3 Å². The van der Waals surface area contributed by atoms with Gasteiger partial charge in [0.2, 0.25) is 0 Å². The van der Waals surface area contributed by atoms with E-state index in [9.17, 15) is 0 Å². The molecule has 1 aliphatic heterocycles. The number of para-hydroxylation sites is 1. The third kappa shape index (κ3) is 1.98. The summed E-state index contributed by atoms with van der Waals surface area (Å²) >= 11 is 0. The number of benzene rings is 1. The zero-order valence-electron chi connectivity index (χ0n) is 9.50. The van der Waals surface area contributed by atoms with Gasteiger partial charge in [-0.1, -0.05) is 18.2 Å². The van der Waals surface area contributed by atoms with Crippen LogP contribution in [0.5, 0.6) is 0 Å². The molecule has 0 amide bonds. The van der Waals surface area contributed by atoms with Gasteiger partial charge in [0.1, 0.15) is 0 Å². The molecule has 16 heavy (non-hydrogen) atoms. The second-order valence-electron chi connectivity index (χ2n) is 4.80. The summed E-state index contributed by atoms with van der Waals surface area (Å²) in [4.78, 5) is 3.52. The van der Waals surface area contributed by atoms with E-state index in [1.165, 1.54) is 48.9 Å². The fourth-order valence-corrected chi connectivity index (χ4v) is 2.65. The molecule has 1 aliphatic rings. The average Bonchev–Trinajstić information content (AvgIpc) is 2.72. The maximum absolute atomic E-state index is 3.52. The Morgan fingerprint density at radius 1 is 1.25 bits per heavy atom. The maximum atomic E-state index is 3.52. The van der Waals surface area contributed by atoms with E-state index >= 15 is 0 Å². The number of rotatable bonds is 2. The van der Waals surface area contributed by atoms with Gasteiger partial charge in [0.05, 0.1) is 0 Å². The fourth-order valence-electron chi connectivity index (χ4n) is 2.65. The van der Waals surface area contributed by atoms with Crippen LogP contribution in [0.3, 0.4) is 0 Å². The number of fused-ring (bicyclic) bond motifs is 1. The van der Waals surface area contributed by atoms with Crippen molar-refractivity contribution in [2.75, 3.05) is 13.1 Å². The summed E-state index contributed by atoms with van der Waals surface area (Å²) < 4.78 is 0. The second-order valence-corrected chi connectivity index (χ2v) is 4.80. The molecule has 2 heterocycles. The molecule has 2 heteroatoms. The first-order valence-corrected chi connectivity index (χ1v) is 6.19. The molecule has 0 aliphatic carbocycles. The van der Waals surface area contributed by atoms with Crippen LogP contribution in [0.2, 0.25) is 0 Å². The van der Waals surface area contributed by atoms with E-state index in [2.05, 4.69) is 40.6 Å². The lowest BCUT2D eigenvalue weighted by Gasteiger charge is -2.21. The summed E-state index contributed by atoms with van der Waals surface area (Å²) in [5, 5.41) is 4.81. The van der Waals surface area contributed by atoms with E-state index in [1.807, 2.05) is 0 Å². The van der Waals surface area contributed by atoms with Gasteiger partial charge in [-0.15, -0.1) is 0 Å². The van der Waals surface area contributed by atoms with Gasteiger partial charge < -0.3 is 10.3 Å². The Balaban J connectivity index is 1.78. The summed E-state index contributed by atoms with van der Waals surface area (Å²) in [7, 11) is 0. The molecule has 1 aromatic heterocycles. The summed E-state index contributed by atoms with van der Waals surface area (Å²) in [6.45, 7) is 2.37. The molecule has 1 atom stereocenters. The van der Waals surface area contributed by atoms with Crippen molar-refractivity contribution >= 4 is 10.9 Å². The molecule has 0 saturated carbocycles. The van der Waals surface area contributed by atoms with Crippen LogP contribution >= 0.6 is 0 Å². The standard InChI is InChI=1S/C14H18N2/c1-2-6-14-12(5-1)9-13(16-14)8-11-4-3-7-15-10-11/h1-2,5-6,9,11,15-16H,3-4,7-8,10H2. The first kappa shape index (κ1) is 9.91. The minimum Gasteiger partial charge on any atom is -0.358 e. The molecule has 3 rings (SSSR count). The van der Waals surface area contributed by atoms with Gasteiger partial charge in [-0.2, -0.15) is 0 Å². The highest BCUT2D eigenvalue weighted by Gasteiger charge is 2.14. The molecule has 1 aromatic carbocycles. The third-order valence-corrected chi connectivity index (χ3v) is 3.49. The molecular weight excluding hydrogens is 196 g/mol. The highest BCUT2D eigenvalue weighted by molar-refractivity contribution is 5.80. The molecule has 0 spiro atoms. The lowest BCUT2D eigenvalue weighted by Crippen LogP contribution is -2.30. The quantitative estimate of drug-likeness (QED) is 0.790. The van der Waals surface area contributed by atoms with Gasteiger partial charge in [-0.05, 0) is 55.8 Å². The zero-order chi connectivity index (χ0) is 10.8. The molecule has 1 saturated heterocycles. The van der Waals surface area contributed by atoms with Gasteiger partial charge in [0.25, 0.3) is 0 Å². The number of H-pyrrole nitrogens is 1. The van der Waals surface area contributed by atoms with Crippen LogP contribution < -0.4 is 5.32 Å². The minimum absolute atomic E-state index is 0.807. The van der Waals surface area contributed by atoms with E-state index in [0.717, 1.165) is 5.92 Å². The van der Waals surface area contributed by atoms with Gasteiger partial charge in [-0.25, -0.2) is 0 Å². The lowest BCUT2D eigenvalue weighted by molar-refractivity contribution is 0.374. The molecule has 0 bridgehead atoms. The average molecular weight is 214 g/mol. The van der Waals surface area contributed by atoms with Crippen molar-refractivity contribution in [1.82, 2.24) is 10.3 Å². The Morgan fingerprint density at radius 2 is 2.19 bits per heavy atom. The largest absolute Gasteiger partial charge is 0.358 e. The van der Waals surface area contributed by atoms with Crippen LogP contribution in [-0.2, 0) is 6.42 Å². The first-order valence-electron chi connectivity index (χ1n) is 6.19. The van der Waals surface area contributed by atoms with Crippen molar-refractivity contribution in [3.63, 3.8) is 0 Å². The molecule has 2 nitrogen and oxygen atoms in total. The smallest absolute Gasteiger partial charge is 0.0456 e. The van der Waals surface area contributed by atoms with Crippen LogP contribution in [0, 0.1) is 5.92 Å². The highest BCUT2D eigenvalue weighted by atomic mass is 14.9. The minimum atomic E-state index is 0.807. The van der Waals surface area contributed by atoms with E-state index in [4.69, 9.17) is 0 Å². The molecule has 1 unspecified atom stereocenters. The van der Waals surface area contributed by atoms with Crippen LogP contribution in [0.15, 0.2) is 30.3 Å². The zero-order valence-corrected chi connectivity index (χ0v) is 9.50. The maximum Gasteiger partial charge on any atom is 0.0456 e. The van der Waals surface area contributed by atoms with Crippen molar-refractivity contribution in [3.8, 4) is 0 Å². The van der Waals surface area contributed by atoms with Crippen molar-refractivity contribution in [3.05, 3.63) is 36.0 Å². The number of hydrogen-bond acceptors (Lipinski definition) is 1. The van der Waals surface area contributed by atoms with Crippen LogP contribution in [-0.4, -0.2) is 18.1 Å². The van der Waals surface area contributed by atoms with Crippen molar-refractivity contribution in [2.24, 2.45) is 5.92 Å². The first-order chi connectivity index (χ1) is 7.92. The number of aromatic amines is 1. The molecule has 84 valence electrons. The van der Waals surface area contributed by atoms with Crippen molar-refractivity contribution in [1.29, 1.82) is 0 Å². The Labute approximate surface area is 96.1 Å². The fraction of sp³-hybridized carbons (Fsp3) is 0.429. The summed E-state index contributed by atoms with van der Waals surface area (Å²) in [6, 6.07) is 10.8. The van der Waals surface area contributed by atoms with E-state index in [-0.39, 0.29) is 0 Å². The number of piperidine rings is 1. The number of nitrogens with one attached hydrogen (secondary N) is 2. The van der Waals surface area contributed by atoms with Crippen LogP contribution in [0.25, 0.3) is 10.9 Å². The SMILES string of the molecule is c1ccc2[nH]c(CC3CCCNC3)cc2c1. The van der Waals surface area contributed by atoms with Crippen LogP contribution in [0.4, 0.5) is 0 Å². The van der Waals surface area contributed by atoms with Gasteiger partial charge in [0.15, 0.2) is 0 Å². The van der Waals surface area contributed by atoms with Crippen LogP contribution in [0.1, 0.15) is 18.5 Å². The predicted octanol–water partition coefficient (Wildman–Crippen LogP) is 2.71. The Morgan fingerprint density at radius 3 is 3.00 bits per heavy atom. The third-order valence-electron chi connectivity index (χ3n) is 3.49. The predicted molar refractivity (Wildman–Crippen MR) is 67.6 cm³/mol. The van der Waals surface area contributed by atoms with E-state index in [0.29, 0.717) is 0 Å². The summed E-state index contributed by atoms with van der Waals surface area (Å²) in [5.41, 5.74) is 2.65. The van der Waals surface area contributed by atoms with Gasteiger partial charge in [0, 0.05) is 11.2 Å². The van der Waals surface area contributed by atoms with E-state index < -0.39 is 0 Å². The van der Waals surface area contributed by atoms with Crippen molar-refractivity contribution < 1.29 is 0 Å². The highest BCUT2D eigenvalue weighted by Crippen LogP contribution is 2.20. The Bertz CT molecular complexity index is 433. The lowest BCUT2D eigenvalue weighted by atomic mass is 9.95. The molecule has 0 radical (unpaired) electrons. The number of hydrogen-bond donors (Lipinski definition) is 2. The normalized spacial score (nSPS) is 21.4. The van der Waals surface area contributed by atoms with Gasteiger partial charge >= 0.3 is 0 Å². The van der Waals surface area contributed by atoms with E-state index in [1.54, 1.807) is 0 Å². The Hall–Kier alpha value is -1.28. The molecule has 1 fully saturated rings. The monoisotopic (exact) mass is 214 g/mol. The molecule has 2 aromatic rings. The molecular formula is C14H18N2. The topological polar surface area (TPSA) is 27.8 Å². The summed E-state index contributed by atoms with van der Waals surface area (Å²) in [6.07, 6.45) is 3.87. The second kappa shape index (κ2) is 4.30. The number of aromatic nitrogens is 1. The summed E-state index contributed by atoms with van der Waals surface area (Å²) in [5.74, 6) is 0.807. The molecule has 2 N–H and O–H groups in total. The van der Waals surface area contributed by atoms with Gasteiger partial charge in [-0.3, -0.25) is 0 Å².